The summed E-state index contributed by atoms with van der Waals surface area (Å²) >= 11 is 3.51. The van der Waals surface area contributed by atoms with Crippen LogP contribution in [0.15, 0.2) is 33.7 Å². The minimum atomic E-state index is 0. The fourth-order valence-corrected chi connectivity index (χ4v) is 3.48. The molecule has 1 fully saturated rings. The summed E-state index contributed by atoms with van der Waals surface area (Å²) in [5.41, 5.74) is 7.53. The third kappa shape index (κ3) is 5.90. The van der Waals surface area contributed by atoms with Gasteiger partial charge in [-0.2, -0.15) is 0 Å². The predicted molar refractivity (Wildman–Crippen MR) is 111 cm³/mol. The Bertz CT molecular complexity index is 501. The van der Waals surface area contributed by atoms with Crippen LogP contribution >= 0.6 is 39.9 Å². The van der Waals surface area contributed by atoms with Crippen LogP contribution in [0.4, 0.5) is 0 Å². The van der Waals surface area contributed by atoms with Gasteiger partial charge >= 0.3 is 0 Å². The first kappa shape index (κ1) is 20.7. The summed E-state index contributed by atoms with van der Waals surface area (Å²) < 4.78 is 6.22. The molecule has 1 aromatic rings. The van der Waals surface area contributed by atoms with E-state index in [0.717, 1.165) is 11.0 Å². The molecule has 3 N–H and O–H groups in total. The van der Waals surface area contributed by atoms with E-state index in [0.29, 0.717) is 12.6 Å². The van der Waals surface area contributed by atoms with Gasteiger partial charge in [-0.05, 0) is 37.5 Å². The molecular weight excluding hydrogens is 469 g/mol. The quantitative estimate of drug-likeness (QED) is 0.358. The monoisotopic (exact) mass is 495 g/mol. The molecule has 0 heterocycles. The number of nitrogens with one attached hydrogen (secondary N) is 1. The SMILES string of the molecule is COCC(C)NC(N)=NCC1(c2ccc(Br)cc2)CCCC1.I. The van der Waals surface area contributed by atoms with Crippen LogP contribution in [0, 0.1) is 0 Å². The Morgan fingerprint density at radius 2 is 1.96 bits per heavy atom. The molecule has 130 valence electrons. The summed E-state index contributed by atoms with van der Waals surface area (Å²) in [5, 5.41) is 3.18. The van der Waals surface area contributed by atoms with Crippen molar-refractivity contribution in [2.45, 2.75) is 44.1 Å². The van der Waals surface area contributed by atoms with E-state index in [1.807, 2.05) is 6.92 Å². The molecule has 0 bridgehead atoms. The van der Waals surface area contributed by atoms with E-state index in [2.05, 4.69) is 50.5 Å². The standard InChI is InChI=1S/C17H26BrN3O.HI/c1-13(11-22-2)21-16(19)20-12-17(9-3-4-10-17)14-5-7-15(18)8-6-14;/h5-8,13H,3-4,9-12H2,1-2H3,(H3,19,20,21);1H. The van der Waals surface area contributed by atoms with Gasteiger partial charge in [0.1, 0.15) is 0 Å². The molecule has 1 atom stereocenters. The lowest BCUT2D eigenvalue weighted by Crippen LogP contribution is -2.41. The van der Waals surface area contributed by atoms with Crippen molar-refractivity contribution < 1.29 is 4.74 Å². The number of halogens is 2. The number of nitrogens with two attached hydrogens (primary N) is 1. The minimum Gasteiger partial charge on any atom is -0.383 e. The van der Waals surface area contributed by atoms with Crippen molar-refractivity contribution in [3.63, 3.8) is 0 Å². The number of ether oxygens (including phenoxy) is 1. The van der Waals surface area contributed by atoms with Gasteiger partial charge in [-0.25, -0.2) is 0 Å². The number of hydrogen-bond acceptors (Lipinski definition) is 2. The van der Waals surface area contributed by atoms with E-state index in [1.54, 1.807) is 7.11 Å². The van der Waals surface area contributed by atoms with Crippen molar-refractivity contribution >= 4 is 45.9 Å². The van der Waals surface area contributed by atoms with Crippen molar-refractivity contribution in [2.75, 3.05) is 20.3 Å². The first-order valence-electron chi connectivity index (χ1n) is 7.87. The molecule has 23 heavy (non-hydrogen) atoms. The van der Waals surface area contributed by atoms with Crippen molar-refractivity contribution in [3.05, 3.63) is 34.3 Å². The third-order valence-electron chi connectivity index (χ3n) is 4.38. The number of benzene rings is 1. The first-order chi connectivity index (χ1) is 10.6. The molecule has 0 radical (unpaired) electrons. The summed E-state index contributed by atoms with van der Waals surface area (Å²) in [4.78, 5) is 4.62. The highest BCUT2D eigenvalue weighted by atomic mass is 127. The van der Waals surface area contributed by atoms with E-state index >= 15 is 0 Å². The zero-order valence-corrected chi connectivity index (χ0v) is 17.8. The van der Waals surface area contributed by atoms with Gasteiger partial charge in [0, 0.05) is 23.0 Å². The fourth-order valence-electron chi connectivity index (χ4n) is 3.22. The van der Waals surface area contributed by atoms with Gasteiger partial charge < -0.3 is 15.8 Å². The maximum absolute atomic E-state index is 6.02. The topological polar surface area (TPSA) is 59.6 Å². The molecule has 0 aromatic heterocycles. The zero-order valence-electron chi connectivity index (χ0n) is 13.8. The average molecular weight is 496 g/mol. The van der Waals surface area contributed by atoms with Crippen molar-refractivity contribution in [2.24, 2.45) is 10.7 Å². The van der Waals surface area contributed by atoms with Crippen LogP contribution in [-0.2, 0) is 10.2 Å². The van der Waals surface area contributed by atoms with Crippen LogP contribution in [0.3, 0.4) is 0 Å². The lowest BCUT2D eigenvalue weighted by atomic mass is 9.79. The van der Waals surface area contributed by atoms with Gasteiger partial charge in [-0.1, -0.05) is 40.9 Å². The third-order valence-corrected chi connectivity index (χ3v) is 4.91. The Morgan fingerprint density at radius 3 is 2.52 bits per heavy atom. The number of nitrogens with zero attached hydrogens (tertiary/aromatic N) is 1. The number of rotatable bonds is 6. The number of guanidine groups is 1. The predicted octanol–water partition coefficient (Wildman–Crippen LogP) is 3.82. The highest BCUT2D eigenvalue weighted by Crippen LogP contribution is 2.41. The lowest BCUT2D eigenvalue weighted by Gasteiger charge is -2.28. The minimum absolute atomic E-state index is 0. The highest BCUT2D eigenvalue weighted by molar-refractivity contribution is 14.0. The summed E-state index contributed by atoms with van der Waals surface area (Å²) in [6.07, 6.45) is 4.88. The Hall–Kier alpha value is -0.340. The van der Waals surface area contributed by atoms with E-state index in [9.17, 15) is 0 Å². The molecule has 0 aliphatic heterocycles. The van der Waals surface area contributed by atoms with Gasteiger partial charge in [-0.3, -0.25) is 4.99 Å². The molecule has 1 aliphatic carbocycles. The molecule has 2 rings (SSSR count). The second-order valence-corrected chi connectivity index (χ2v) is 7.11. The second kappa shape index (κ2) is 9.84. The lowest BCUT2D eigenvalue weighted by molar-refractivity contribution is 0.179. The molecule has 1 aliphatic rings. The van der Waals surface area contributed by atoms with Crippen molar-refractivity contribution in [3.8, 4) is 0 Å². The number of aliphatic imine (C=N–C) groups is 1. The zero-order chi connectivity index (χ0) is 16.0. The molecule has 0 spiro atoms. The van der Waals surface area contributed by atoms with Crippen LogP contribution in [-0.4, -0.2) is 32.3 Å². The van der Waals surface area contributed by atoms with Crippen LogP contribution in [0.2, 0.25) is 0 Å². The Balaban J connectivity index is 0.00000264. The van der Waals surface area contributed by atoms with Crippen molar-refractivity contribution in [1.82, 2.24) is 5.32 Å². The Labute approximate surface area is 164 Å². The maximum Gasteiger partial charge on any atom is 0.188 e. The first-order valence-corrected chi connectivity index (χ1v) is 8.66. The largest absolute Gasteiger partial charge is 0.383 e. The molecule has 1 unspecified atom stereocenters. The molecule has 1 aromatic carbocycles. The molecular formula is C17H27BrIN3O. The Morgan fingerprint density at radius 1 is 1.35 bits per heavy atom. The summed E-state index contributed by atoms with van der Waals surface area (Å²) in [6, 6.07) is 8.81. The van der Waals surface area contributed by atoms with Gasteiger partial charge in [-0.15, -0.1) is 24.0 Å². The summed E-state index contributed by atoms with van der Waals surface area (Å²) in [7, 11) is 1.69. The van der Waals surface area contributed by atoms with Gasteiger partial charge in [0.25, 0.3) is 0 Å². The summed E-state index contributed by atoms with van der Waals surface area (Å²) in [6.45, 7) is 3.40. The average Bonchev–Trinajstić information content (AvgIpc) is 2.96. The molecule has 0 amide bonds. The van der Waals surface area contributed by atoms with Crippen LogP contribution in [0.25, 0.3) is 0 Å². The van der Waals surface area contributed by atoms with E-state index in [-0.39, 0.29) is 35.4 Å². The molecule has 1 saturated carbocycles. The molecule has 0 saturated heterocycles. The normalized spacial score (nSPS) is 18.3. The fraction of sp³-hybridized carbons (Fsp3) is 0.588. The van der Waals surface area contributed by atoms with Crippen molar-refractivity contribution in [1.29, 1.82) is 0 Å². The highest BCUT2D eigenvalue weighted by Gasteiger charge is 2.35. The van der Waals surface area contributed by atoms with E-state index < -0.39 is 0 Å². The smallest absolute Gasteiger partial charge is 0.188 e. The number of hydrogen-bond donors (Lipinski definition) is 2. The summed E-state index contributed by atoms with van der Waals surface area (Å²) in [5.74, 6) is 0.507. The van der Waals surface area contributed by atoms with Crippen LogP contribution in [0.1, 0.15) is 38.2 Å². The molecule has 6 heteroatoms. The maximum atomic E-state index is 6.02. The van der Waals surface area contributed by atoms with Crippen LogP contribution in [0.5, 0.6) is 0 Å². The van der Waals surface area contributed by atoms with Gasteiger partial charge in [0.05, 0.1) is 13.2 Å². The molecule has 4 nitrogen and oxygen atoms in total. The number of methoxy groups -OCH3 is 1. The Kier molecular flexibility index (Phi) is 8.85. The van der Waals surface area contributed by atoms with Gasteiger partial charge in [0.2, 0.25) is 0 Å². The second-order valence-electron chi connectivity index (χ2n) is 6.20. The van der Waals surface area contributed by atoms with E-state index in [1.165, 1.54) is 31.2 Å². The van der Waals surface area contributed by atoms with Gasteiger partial charge in [0.15, 0.2) is 5.96 Å². The van der Waals surface area contributed by atoms with E-state index in [4.69, 9.17) is 10.5 Å². The van der Waals surface area contributed by atoms with Crippen LogP contribution < -0.4 is 11.1 Å².